The summed E-state index contributed by atoms with van der Waals surface area (Å²) in [5, 5.41) is 4.55. The van der Waals surface area contributed by atoms with Gasteiger partial charge in [0.2, 0.25) is 30.7 Å². The van der Waals surface area contributed by atoms with Gasteiger partial charge in [0.1, 0.15) is 73.0 Å². The van der Waals surface area contributed by atoms with Gasteiger partial charge >= 0.3 is 58.3 Å². The van der Waals surface area contributed by atoms with E-state index in [0.29, 0.717) is 144 Å². The van der Waals surface area contributed by atoms with Crippen LogP contribution in [0, 0.1) is 19.7 Å². The van der Waals surface area contributed by atoms with Crippen LogP contribution >= 0.6 is 35.3 Å². The zero-order valence-electron chi connectivity index (χ0n) is 83.5. The first kappa shape index (κ1) is 116. The van der Waals surface area contributed by atoms with E-state index in [1.165, 1.54) is 34.7 Å². The first-order chi connectivity index (χ1) is 69.4. The van der Waals surface area contributed by atoms with Gasteiger partial charge in [-0.1, -0.05) is 164 Å². The van der Waals surface area contributed by atoms with Crippen LogP contribution in [0.3, 0.4) is 0 Å². The maximum absolute atomic E-state index is 12.8. The second-order valence-electron chi connectivity index (χ2n) is 37.0. The summed E-state index contributed by atoms with van der Waals surface area (Å²) < 4.78 is 116. The van der Waals surface area contributed by atoms with E-state index in [1.807, 2.05) is 177 Å². The summed E-state index contributed by atoms with van der Waals surface area (Å²) in [4.78, 5) is 159. The van der Waals surface area contributed by atoms with Crippen molar-refractivity contribution in [3.63, 3.8) is 0 Å². The van der Waals surface area contributed by atoms with Crippen molar-refractivity contribution in [2.45, 2.75) is 209 Å². The van der Waals surface area contributed by atoms with Crippen LogP contribution in [0.5, 0.6) is 5.88 Å². The third kappa shape index (κ3) is 33.6. The molecular formula is C99H124F3N21O19S5. The number of fused-ring (bicyclic) bond motifs is 4. The number of piperazine rings is 3. The van der Waals surface area contributed by atoms with Crippen LogP contribution in [0.25, 0.3) is 14.5 Å². The molecule has 48 heteroatoms. The molecule has 15 rings (SSSR count). The monoisotopic (exact) mass is 2130 g/mol. The maximum Gasteiger partial charge on any atom is 0.534 e. The minimum Gasteiger partial charge on any atom is -0.445 e. The first-order valence-electron chi connectivity index (χ1n) is 46.7. The van der Waals surface area contributed by atoms with Gasteiger partial charge < -0.3 is 91.6 Å². The molecule has 4 aromatic carbocycles. The molecule has 0 radical (unpaired) electrons. The van der Waals surface area contributed by atoms with Gasteiger partial charge in [0.05, 0.1) is 59.8 Å². The Balaban J connectivity index is 0.000000193. The fourth-order valence-corrected chi connectivity index (χ4v) is 18.0. The molecule has 8 aromatic rings. The second-order valence-corrected chi connectivity index (χ2v) is 42.2. The quantitative estimate of drug-likeness (QED) is 0.0190. The highest BCUT2D eigenvalue weighted by Crippen LogP contribution is 2.37. The van der Waals surface area contributed by atoms with Crippen molar-refractivity contribution in [1.82, 2.24) is 79.5 Å². The van der Waals surface area contributed by atoms with Gasteiger partial charge in [-0.25, -0.2) is 83.2 Å². The standard InChI is InChI=1S/C27H34N6O5S.C27H34N6O4S.C17H16F3N3O5S2.C16H17N3O3S.C11H19N3O2.CH4/c1-27(2,3)38-26(35)33-14-13-31(16-20(33)15-28-4)23-21-11-12-32(17-22(21)29-24(30-23)39(5)36)25(34)37-18-19-9-7-6-8-10-19;1-27(2,3)37-26(35)33-14-13-31(16-20(33)15-28-4)23-21-11-12-32(17-22(21)29-24(30-23)38-5)25(34)36-18-19-9-7-6-8-10-19;1-29-15-21-13-9-23(16(24)27-10-11-5-3-2-4-6-11)8-7-12(13)14(22-15)28-30(25,26)17(18,19)20;1-23-15-17-13-9-19(8-7-12(13)14(20)18-15)16(21)22-10-11-5-3-2-4-6-11;1-11(2,3)16-10(15)14-6-5-13-8-9(14)7-12-4;/h6-10,20H,11-18H2,1-3,5H3;6-10,20H,11-18H2,1-3,5H3;2-6H,7-10H2,1H3;2-6H,7-10H2,1H3,(H,17,18,20);9,13H,5-8H2,1-3H3;1H4/t20-,39?;20-;;;9-;/m00..0./s1. The maximum atomic E-state index is 12.8. The SMILES string of the molecule is C.CSc1nc2c(c(=O)[nH]1)CCN(C(=O)OCc1ccccc1)C2.CSc1nc2c(c(OS(=O)(=O)C(F)(F)F)n1)CCN(C(=O)OCc1ccccc1)C2.[C-]#[N+]C[C@H]1CN(c2nc(S(C)=O)nc3c2CCN(C(=O)OCc2ccccc2)C3)CCN1C(=O)OC(C)(C)C.[C-]#[N+]C[C@H]1CN(c2nc(SC)nc3c2CCN(C(=O)OCc2ccccc2)C3)CCN1C(=O)OC(C)(C)C.[C-]#[N+]C[C@H]1CNCCN1C(=O)OC(C)(C)C. The lowest BCUT2D eigenvalue weighted by molar-refractivity contribution is -0.0502. The van der Waals surface area contributed by atoms with Crippen molar-refractivity contribution >= 4 is 110 Å². The average Bonchev–Trinajstić information content (AvgIpc) is 0.780. The first-order valence-corrected chi connectivity index (χ1v) is 53.4. The number of H-pyrrole nitrogens is 1. The van der Waals surface area contributed by atoms with Crippen LogP contribution in [0.4, 0.5) is 58.4 Å². The number of nitrogens with zero attached hydrogens (tertiary/aromatic N) is 19. The third-order valence-corrected chi connectivity index (χ3v) is 26.3. The van der Waals surface area contributed by atoms with E-state index in [2.05, 4.69) is 58.8 Å². The number of ether oxygens (including phenoxy) is 7. The van der Waals surface area contributed by atoms with E-state index in [1.54, 1.807) is 59.9 Å². The molecule has 11 heterocycles. The van der Waals surface area contributed by atoms with Gasteiger partial charge in [0.25, 0.3) is 5.56 Å². The molecule has 1 unspecified atom stereocenters. The van der Waals surface area contributed by atoms with Crippen LogP contribution in [0.1, 0.15) is 137 Å². The zero-order chi connectivity index (χ0) is 106. The number of aromatic amines is 1. The highest BCUT2D eigenvalue weighted by molar-refractivity contribution is 7.98. The molecule has 0 spiro atoms. The predicted octanol–water partition coefficient (Wildman–Crippen LogP) is 14.6. The Morgan fingerprint density at radius 2 is 0.782 bits per heavy atom. The largest absolute Gasteiger partial charge is 0.534 e. The molecular weight excluding hydrogens is 2000 g/mol. The lowest BCUT2D eigenvalue weighted by atomic mass is 10.0. The van der Waals surface area contributed by atoms with Crippen LogP contribution in [0.2, 0.25) is 0 Å². The molecule has 4 atom stereocenters. The molecule has 2 N–H and O–H groups in total. The Kier molecular flexibility index (Phi) is 41.9. The number of rotatable bonds is 19. The molecule has 7 aliphatic heterocycles. The molecule has 3 fully saturated rings. The molecule has 147 heavy (non-hydrogen) atoms. The number of amides is 7. The van der Waals surface area contributed by atoms with Gasteiger partial charge in [-0.15, -0.1) is 0 Å². The van der Waals surface area contributed by atoms with E-state index in [4.69, 9.17) is 62.8 Å². The van der Waals surface area contributed by atoms with Crippen LogP contribution in [-0.4, -0.2) is 300 Å². The third-order valence-electron chi connectivity index (χ3n) is 22.9. The predicted molar refractivity (Wildman–Crippen MR) is 546 cm³/mol. The summed E-state index contributed by atoms with van der Waals surface area (Å²) in [6.07, 6.45) is 5.48. The lowest BCUT2D eigenvalue weighted by Gasteiger charge is -2.41. The molecule has 3 saturated heterocycles. The summed E-state index contributed by atoms with van der Waals surface area (Å²) in [5.41, 5.74) is 1.07. The van der Waals surface area contributed by atoms with Crippen LogP contribution in [-0.2, 0) is 132 Å². The number of benzene rings is 4. The molecule has 0 bridgehead atoms. The highest BCUT2D eigenvalue weighted by Gasteiger charge is 2.50. The summed E-state index contributed by atoms with van der Waals surface area (Å²) in [5.74, 6) is 0.774. The average molecular weight is 2130 g/mol. The van der Waals surface area contributed by atoms with E-state index in [0.717, 1.165) is 63.2 Å². The Hall–Kier alpha value is -13.3. The molecule has 7 amide bonds. The molecule has 7 aliphatic rings. The molecule has 4 aromatic heterocycles. The summed E-state index contributed by atoms with van der Waals surface area (Å²) in [6.45, 7) is 46.5. The Labute approximate surface area is 869 Å². The topological polar surface area (TPSA) is 422 Å². The van der Waals surface area contributed by atoms with E-state index in [9.17, 15) is 64.2 Å². The second kappa shape index (κ2) is 53.3. The number of thioether (sulfide) groups is 3. The van der Waals surface area contributed by atoms with E-state index in [-0.39, 0.29) is 137 Å². The van der Waals surface area contributed by atoms with E-state index >= 15 is 0 Å². The summed E-state index contributed by atoms with van der Waals surface area (Å²) in [6, 6.07) is 36.9. The molecule has 0 saturated carbocycles. The summed E-state index contributed by atoms with van der Waals surface area (Å²) in [7, 11) is -7.33. The van der Waals surface area contributed by atoms with Crippen LogP contribution < -0.4 is 24.9 Å². The number of carbonyl (C=O) groups excluding carboxylic acids is 7. The number of anilines is 2. The number of alkyl halides is 3. The van der Waals surface area contributed by atoms with Crippen molar-refractivity contribution in [2.24, 2.45) is 0 Å². The van der Waals surface area contributed by atoms with Gasteiger partial charge in [-0.05, 0) is 129 Å². The van der Waals surface area contributed by atoms with Crippen molar-refractivity contribution in [2.75, 3.05) is 140 Å². The smallest absolute Gasteiger partial charge is 0.445 e. The Morgan fingerprint density at radius 3 is 1.14 bits per heavy atom. The fourth-order valence-electron chi connectivity index (χ4n) is 15.9. The number of halogens is 3. The number of hydrogen-bond acceptors (Lipinski definition) is 32. The molecule has 0 aliphatic carbocycles. The van der Waals surface area contributed by atoms with Crippen LogP contribution in [0.15, 0.2) is 147 Å². The zero-order valence-corrected chi connectivity index (χ0v) is 87.6. The Morgan fingerprint density at radius 1 is 0.442 bits per heavy atom. The van der Waals surface area contributed by atoms with Crippen molar-refractivity contribution in [3.8, 4) is 5.88 Å². The number of aromatic nitrogens is 8. The van der Waals surface area contributed by atoms with Gasteiger partial charge in [-0.3, -0.25) is 23.7 Å². The summed E-state index contributed by atoms with van der Waals surface area (Å²) >= 11 is 3.81. The van der Waals surface area contributed by atoms with Crippen molar-refractivity contribution in [3.05, 3.63) is 233 Å². The fraction of sp³-hybridized carbons (Fsp3) is 0.495. The molecule has 790 valence electrons. The lowest BCUT2D eigenvalue weighted by Crippen LogP contribution is -2.57. The highest BCUT2D eigenvalue weighted by atomic mass is 32.2. The van der Waals surface area contributed by atoms with Crippen molar-refractivity contribution < 1.29 is 96.7 Å². The van der Waals surface area contributed by atoms with Gasteiger partial charge in [-0.2, -0.15) is 26.6 Å². The van der Waals surface area contributed by atoms with Gasteiger partial charge in [0.15, 0.2) is 15.5 Å². The minimum atomic E-state index is -5.88. The number of nitrogens with one attached hydrogen (secondary N) is 2. The van der Waals surface area contributed by atoms with Crippen molar-refractivity contribution in [1.29, 1.82) is 0 Å². The minimum absolute atomic E-state index is 0. The normalized spacial score (nSPS) is 16.7. The number of hydrogen-bond donors (Lipinski definition) is 2. The van der Waals surface area contributed by atoms with E-state index < -0.39 is 73.5 Å². The Bertz CT molecular complexity index is 6220. The molecule has 40 nitrogen and oxygen atoms in total. The number of carbonyl (C=O) groups is 7. The van der Waals surface area contributed by atoms with Gasteiger partial charge in [0, 0.05) is 114 Å².